The van der Waals surface area contributed by atoms with Crippen LogP contribution in [0.3, 0.4) is 0 Å². The largest absolute Gasteiger partial charge is 0.456 e. The smallest absolute Gasteiger partial charge is 0.164 e. The summed E-state index contributed by atoms with van der Waals surface area (Å²) in [6, 6.07) is 56.5. The fourth-order valence-electron chi connectivity index (χ4n) is 7.51. The van der Waals surface area contributed by atoms with Gasteiger partial charge in [0.05, 0.1) is 0 Å². The third-order valence-corrected chi connectivity index (χ3v) is 10.1. The average Bonchev–Trinajstić information content (AvgIpc) is 3.78. The van der Waals surface area contributed by atoms with Crippen molar-refractivity contribution >= 4 is 65.4 Å². The van der Waals surface area contributed by atoms with Gasteiger partial charge in [0, 0.05) is 38.2 Å². The molecule has 5 heteroatoms. The second-order valence-electron chi connectivity index (χ2n) is 13.2. The maximum Gasteiger partial charge on any atom is 0.164 e. The van der Waals surface area contributed by atoms with Crippen LogP contribution in [0.25, 0.3) is 111 Å². The Hall–Kier alpha value is -7.11. The fourth-order valence-corrected chi connectivity index (χ4v) is 7.51. The summed E-state index contributed by atoms with van der Waals surface area (Å²) in [6.07, 6.45) is 0. The zero-order valence-electron chi connectivity index (χ0n) is 27.7. The van der Waals surface area contributed by atoms with Crippen LogP contribution in [-0.2, 0) is 0 Å². The quantitative estimate of drug-likeness (QED) is 0.187. The van der Waals surface area contributed by atoms with Gasteiger partial charge in [-0.05, 0) is 81.2 Å². The summed E-state index contributed by atoms with van der Waals surface area (Å²) in [5, 5.41) is 8.77. The highest BCUT2D eigenvalue weighted by Gasteiger charge is 2.19. The second kappa shape index (κ2) is 11.2. The van der Waals surface area contributed by atoms with Gasteiger partial charge in [-0.15, -0.1) is 0 Å². The Morgan fingerprint density at radius 3 is 1.50 bits per heavy atom. The minimum atomic E-state index is 0.589. The summed E-state index contributed by atoms with van der Waals surface area (Å²) in [7, 11) is 0. The maximum absolute atomic E-state index is 6.46. The molecule has 3 heterocycles. The molecule has 0 saturated heterocycles. The number of rotatable bonds is 4. The van der Waals surface area contributed by atoms with E-state index in [0.717, 1.165) is 82.5 Å². The van der Waals surface area contributed by atoms with E-state index in [-0.39, 0.29) is 0 Å². The lowest BCUT2D eigenvalue weighted by atomic mass is 9.99. The van der Waals surface area contributed by atoms with Crippen LogP contribution in [0.2, 0.25) is 0 Å². The minimum absolute atomic E-state index is 0.589. The first-order valence-corrected chi connectivity index (χ1v) is 17.3. The molecule has 0 spiro atoms. The van der Waals surface area contributed by atoms with Gasteiger partial charge in [-0.2, -0.15) is 0 Å². The predicted octanol–water partition coefficient (Wildman–Crippen LogP) is 12.6. The van der Waals surface area contributed by atoms with Crippen LogP contribution >= 0.6 is 0 Å². The lowest BCUT2D eigenvalue weighted by Crippen LogP contribution is -2.00. The molecule has 8 aromatic carbocycles. The van der Waals surface area contributed by atoms with E-state index in [1.165, 1.54) is 10.8 Å². The lowest BCUT2D eigenvalue weighted by molar-refractivity contribution is 0.668. The molecule has 0 unspecified atom stereocenters. The average molecular weight is 666 g/mol. The lowest BCUT2D eigenvalue weighted by Gasteiger charge is -2.10. The van der Waals surface area contributed by atoms with E-state index in [2.05, 4.69) is 133 Å². The number of fused-ring (bicyclic) bond motifs is 8. The third kappa shape index (κ3) is 4.60. The number of hydrogen-bond donors (Lipinski definition) is 0. The molecule has 0 bridgehead atoms. The summed E-state index contributed by atoms with van der Waals surface area (Å²) < 4.78 is 12.6. The van der Waals surface area contributed by atoms with E-state index in [1.54, 1.807) is 0 Å². The van der Waals surface area contributed by atoms with E-state index in [1.807, 2.05) is 30.3 Å². The molecule has 3 aromatic heterocycles. The van der Waals surface area contributed by atoms with Gasteiger partial charge < -0.3 is 8.83 Å². The molecule has 11 aromatic rings. The van der Waals surface area contributed by atoms with Crippen LogP contribution in [0, 0.1) is 0 Å². The monoisotopic (exact) mass is 665 g/mol. The first-order valence-electron chi connectivity index (χ1n) is 17.3. The topological polar surface area (TPSA) is 65.0 Å². The number of aromatic nitrogens is 3. The number of para-hydroxylation sites is 1. The second-order valence-corrected chi connectivity index (χ2v) is 13.2. The zero-order valence-corrected chi connectivity index (χ0v) is 27.7. The van der Waals surface area contributed by atoms with Gasteiger partial charge in [0.2, 0.25) is 0 Å². The standard InChI is InChI=1S/C47H27N3O2/c1-3-10-30-24-34(18-16-28(30)8-1)45-48-46(35-19-17-29-9-2-4-11-31(29)25-35)50-47(49-45)37-13-7-15-43-44(37)39-27-33(21-23-42(39)52-43)32-20-22-41-38(26-32)36-12-5-6-14-40(36)51-41/h1-27H. The maximum atomic E-state index is 6.46. The molecule has 0 radical (unpaired) electrons. The number of benzene rings is 8. The minimum Gasteiger partial charge on any atom is -0.456 e. The summed E-state index contributed by atoms with van der Waals surface area (Å²) in [5.41, 5.74) is 8.28. The Labute approximate surface area is 297 Å². The Bertz CT molecular complexity index is 3110. The van der Waals surface area contributed by atoms with Crippen molar-refractivity contribution in [3.63, 3.8) is 0 Å². The van der Waals surface area contributed by atoms with E-state index in [0.29, 0.717) is 17.5 Å². The van der Waals surface area contributed by atoms with E-state index >= 15 is 0 Å². The molecule has 0 atom stereocenters. The molecule has 0 aliphatic heterocycles. The van der Waals surface area contributed by atoms with Crippen LogP contribution in [-0.4, -0.2) is 15.0 Å². The highest BCUT2D eigenvalue weighted by Crippen LogP contribution is 2.40. The van der Waals surface area contributed by atoms with Gasteiger partial charge in [0.1, 0.15) is 22.3 Å². The molecular formula is C47H27N3O2. The zero-order chi connectivity index (χ0) is 34.2. The van der Waals surface area contributed by atoms with Crippen LogP contribution < -0.4 is 0 Å². The molecule has 0 aliphatic carbocycles. The Morgan fingerprint density at radius 2 is 0.808 bits per heavy atom. The van der Waals surface area contributed by atoms with Crippen molar-refractivity contribution in [3.8, 4) is 45.3 Å². The van der Waals surface area contributed by atoms with Gasteiger partial charge in [-0.3, -0.25) is 0 Å². The summed E-state index contributed by atoms with van der Waals surface area (Å²) in [4.78, 5) is 15.4. The molecule has 242 valence electrons. The molecule has 5 nitrogen and oxygen atoms in total. The molecule has 0 amide bonds. The van der Waals surface area contributed by atoms with Crippen LogP contribution in [0.4, 0.5) is 0 Å². The third-order valence-electron chi connectivity index (χ3n) is 10.1. The van der Waals surface area contributed by atoms with Crippen molar-refractivity contribution in [2.24, 2.45) is 0 Å². The van der Waals surface area contributed by atoms with E-state index < -0.39 is 0 Å². The van der Waals surface area contributed by atoms with E-state index in [4.69, 9.17) is 23.8 Å². The first-order chi connectivity index (χ1) is 25.7. The Morgan fingerprint density at radius 1 is 0.308 bits per heavy atom. The number of furan rings is 2. The van der Waals surface area contributed by atoms with Gasteiger partial charge >= 0.3 is 0 Å². The fraction of sp³-hybridized carbons (Fsp3) is 0. The van der Waals surface area contributed by atoms with Gasteiger partial charge in [-0.1, -0.05) is 115 Å². The molecule has 0 saturated carbocycles. The summed E-state index contributed by atoms with van der Waals surface area (Å²) >= 11 is 0. The number of hydrogen-bond acceptors (Lipinski definition) is 5. The Balaban J connectivity index is 1.12. The molecule has 0 N–H and O–H groups in total. The molecular weight excluding hydrogens is 639 g/mol. The van der Waals surface area contributed by atoms with Crippen molar-refractivity contribution in [1.29, 1.82) is 0 Å². The first kappa shape index (κ1) is 28.7. The highest BCUT2D eigenvalue weighted by atomic mass is 16.3. The molecule has 52 heavy (non-hydrogen) atoms. The van der Waals surface area contributed by atoms with Gasteiger partial charge in [-0.25, -0.2) is 15.0 Å². The molecule has 11 rings (SSSR count). The summed E-state index contributed by atoms with van der Waals surface area (Å²) in [5.74, 6) is 1.82. The highest BCUT2D eigenvalue weighted by molar-refractivity contribution is 6.13. The molecule has 0 aliphatic rings. The predicted molar refractivity (Wildman–Crippen MR) is 211 cm³/mol. The van der Waals surface area contributed by atoms with E-state index in [9.17, 15) is 0 Å². The van der Waals surface area contributed by atoms with Crippen molar-refractivity contribution in [2.45, 2.75) is 0 Å². The van der Waals surface area contributed by atoms with Crippen molar-refractivity contribution < 1.29 is 8.83 Å². The normalized spacial score (nSPS) is 11.8. The SMILES string of the molecule is c1ccc2cc(-c3nc(-c4ccc5ccccc5c4)nc(-c4cccc5oc6ccc(-c7ccc8oc9ccccc9c8c7)cc6c45)n3)ccc2c1. The molecule has 0 fully saturated rings. The van der Waals surface area contributed by atoms with Crippen molar-refractivity contribution in [1.82, 2.24) is 15.0 Å². The van der Waals surface area contributed by atoms with Crippen molar-refractivity contribution in [3.05, 3.63) is 164 Å². The Kier molecular flexibility index (Phi) is 6.18. The van der Waals surface area contributed by atoms with Gasteiger partial charge in [0.25, 0.3) is 0 Å². The summed E-state index contributed by atoms with van der Waals surface area (Å²) in [6.45, 7) is 0. The van der Waals surface area contributed by atoms with Crippen LogP contribution in [0.1, 0.15) is 0 Å². The van der Waals surface area contributed by atoms with Crippen LogP contribution in [0.15, 0.2) is 173 Å². The van der Waals surface area contributed by atoms with Gasteiger partial charge in [0.15, 0.2) is 17.5 Å². The van der Waals surface area contributed by atoms with Crippen molar-refractivity contribution in [2.75, 3.05) is 0 Å². The number of nitrogens with zero attached hydrogens (tertiary/aromatic N) is 3. The van der Waals surface area contributed by atoms with Crippen LogP contribution in [0.5, 0.6) is 0 Å².